The summed E-state index contributed by atoms with van der Waals surface area (Å²) in [5.41, 5.74) is 1.86. The van der Waals surface area contributed by atoms with Crippen molar-refractivity contribution >= 4 is 24.1 Å². The van der Waals surface area contributed by atoms with E-state index in [1.165, 1.54) is 50.3 Å². The second kappa shape index (κ2) is 20.5. The summed E-state index contributed by atoms with van der Waals surface area (Å²) in [7, 11) is 0. The average molecular weight is 678 g/mol. The molecule has 0 saturated heterocycles. The monoisotopic (exact) mass is 677 g/mol. The first-order valence-corrected chi connectivity index (χ1v) is 17.7. The van der Waals surface area contributed by atoms with Crippen LogP contribution in [0, 0.1) is 23.2 Å². The van der Waals surface area contributed by atoms with Crippen LogP contribution in [0.4, 0.5) is 0 Å². The van der Waals surface area contributed by atoms with Crippen molar-refractivity contribution < 1.29 is 42.8 Å². The number of nitrogens with one attached hydrogen (secondary N) is 1. The number of carbonyl (C=O) groups excluding carboxylic acids is 3. The Bertz CT molecular complexity index is 1360. The fourth-order valence-electron chi connectivity index (χ4n) is 6.58. The number of rotatable bonds is 19. The fourth-order valence-corrected chi connectivity index (χ4v) is 6.58. The van der Waals surface area contributed by atoms with Crippen molar-refractivity contribution in [1.82, 2.24) is 0 Å². The predicted octanol–water partition coefficient (Wildman–Crippen LogP) is 7.22. The smallest absolute Gasteiger partial charge is 0.330 e. The van der Waals surface area contributed by atoms with Gasteiger partial charge in [-0.2, -0.15) is 0 Å². The van der Waals surface area contributed by atoms with Crippen molar-refractivity contribution in [2.45, 2.75) is 77.0 Å². The third-order valence-electron chi connectivity index (χ3n) is 9.36. The molecule has 2 fully saturated rings. The van der Waals surface area contributed by atoms with Gasteiger partial charge >= 0.3 is 17.9 Å². The van der Waals surface area contributed by atoms with Gasteiger partial charge in [-0.3, -0.25) is 9.59 Å². The van der Waals surface area contributed by atoms with E-state index in [0.717, 1.165) is 12.0 Å². The van der Waals surface area contributed by atoms with Gasteiger partial charge in [0.25, 0.3) is 0 Å². The maximum absolute atomic E-state index is 13.1. The maximum Gasteiger partial charge on any atom is 0.330 e. The van der Waals surface area contributed by atoms with Gasteiger partial charge in [-0.15, -0.1) is 0 Å². The molecule has 2 aliphatic carbocycles. The average Bonchev–Trinajstić information content (AvgIpc) is 3.13. The fraction of sp³-hybridized carbons (Fsp3) is 0.538. The Balaban J connectivity index is 1.11. The molecule has 266 valence electrons. The lowest BCUT2D eigenvalue weighted by molar-refractivity contribution is -0.145. The molecule has 2 aromatic rings. The van der Waals surface area contributed by atoms with Crippen LogP contribution in [0.3, 0.4) is 0 Å². The molecule has 0 heterocycles. The van der Waals surface area contributed by atoms with Gasteiger partial charge in [-0.1, -0.05) is 32.4 Å². The van der Waals surface area contributed by atoms with E-state index in [1.807, 2.05) is 12.1 Å². The van der Waals surface area contributed by atoms with E-state index in [1.54, 1.807) is 24.3 Å². The van der Waals surface area contributed by atoms with E-state index < -0.39 is 5.97 Å². The molecule has 0 bridgehead atoms. The summed E-state index contributed by atoms with van der Waals surface area (Å²) in [5, 5.41) is 7.94. The van der Waals surface area contributed by atoms with Crippen molar-refractivity contribution in [2.75, 3.05) is 39.6 Å². The maximum atomic E-state index is 13.1. The summed E-state index contributed by atoms with van der Waals surface area (Å²) in [6, 6.07) is 12.7. The molecule has 2 aromatic carbocycles. The summed E-state index contributed by atoms with van der Waals surface area (Å²) >= 11 is 0. The van der Waals surface area contributed by atoms with E-state index in [4.69, 9.17) is 33.8 Å². The summed E-state index contributed by atoms with van der Waals surface area (Å²) in [5.74, 6) is 1.15. The second-order valence-electron chi connectivity index (χ2n) is 12.8. The van der Waals surface area contributed by atoms with Crippen LogP contribution in [0.15, 0.2) is 55.1 Å². The van der Waals surface area contributed by atoms with Crippen molar-refractivity contribution in [3.05, 3.63) is 66.2 Å². The van der Waals surface area contributed by atoms with E-state index in [0.29, 0.717) is 80.8 Å². The number of hydrogen-bond donors (Lipinski definition) is 1. The van der Waals surface area contributed by atoms with Gasteiger partial charge in [-0.25, -0.2) is 4.79 Å². The van der Waals surface area contributed by atoms with Crippen molar-refractivity contribution in [3.63, 3.8) is 0 Å². The van der Waals surface area contributed by atoms with Crippen LogP contribution in [0.25, 0.3) is 0 Å². The van der Waals surface area contributed by atoms with E-state index in [9.17, 15) is 14.4 Å². The molecular formula is C39H51NO9. The largest absolute Gasteiger partial charge is 0.491 e. The molecule has 0 radical (unpaired) electrons. The summed E-state index contributed by atoms with van der Waals surface area (Å²) < 4.78 is 32.7. The van der Waals surface area contributed by atoms with E-state index in [-0.39, 0.29) is 37.0 Å². The van der Waals surface area contributed by atoms with Crippen molar-refractivity contribution in [1.29, 1.82) is 5.41 Å². The Kier molecular flexibility index (Phi) is 15.8. The first-order chi connectivity index (χ1) is 23.9. The minimum absolute atomic E-state index is 0.167. The Hall–Kier alpha value is -4.02. The zero-order valence-corrected chi connectivity index (χ0v) is 28.7. The van der Waals surface area contributed by atoms with Crippen LogP contribution < -0.4 is 14.2 Å². The van der Waals surface area contributed by atoms with E-state index >= 15 is 0 Å². The normalized spacial score (nSPS) is 20.5. The molecule has 10 nitrogen and oxygen atoms in total. The molecule has 1 N–H and O–H groups in total. The number of ether oxygens (including phenoxy) is 6. The van der Waals surface area contributed by atoms with Gasteiger partial charge in [-0.05, 0) is 105 Å². The van der Waals surface area contributed by atoms with E-state index in [2.05, 4.69) is 19.6 Å². The van der Waals surface area contributed by atoms with Crippen LogP contribution in [-0.2, 0) is 28.6 Å². The van der Waals surface area contributed by atoms with Gasteiger partial charge in [0.15, 0.2) is 0 Å². The predicted molar refractivity (Wildman–Crippen MR) is 185 cm³/mol. The lowest BCUT2D eigenvalue weighted by Gasteiger charge is -2.29. The molecule has 0 aromatic heterocycles. The highest BCUT2D eigenvalue weighted by molar-refractivity contribution is 5.85. The first kappa shape index (κ1) is 37.8. The Morgan fingerprint density at radius 1 is 0.755 bits per heavy atom. The van der Waals surface area contributed by atoms with Gasteiger partial charge in [0.05, 0.1) is 38.3 Å². The molecule has 2 aliphatic rings. The minimum Gasteiger partial charge on any atom is -0.491 e. The Labute approximate surface area is 289 Å². The molecule has 0 atom stereocenters. The molecule has 0 aliphatic heterocycles. The third kappa shape index (κ3) is 12.4. The molecule has 49 heavy (non-hydrogen) atoms. The zero-order chi connectivity index (χ0) is 34.8. The molecule has 4 rings (SSSR count). The zero-order valence-electron chi connectivity index (χ0n) is 28.7. The lowest BCUT2D eigenvalue weighted by Crippen LogP contribution is -2.30. The van der Waals surface area contributed by atoms with Crippen molar-refractivity contribution in [3.8, 4) is 17.2 Å². The van der Waals surface area contributed by atoms with Crippen molar-refractivity contribution in [2.24, 2.45) is 17.8 Å². The third-order valence-corrected chi connectivity index (χ3v) is 9.36. The highest BCUT2D eigenvalue weighted by Gasteiger charge is 2.32. The SMILES string of the molecule is C=CC(=O)OCCOCCOCCOc1ccc(OC(=O)C2CCC(C(=O)Oc3ccc(C4CCC(CCC)CC4)cc3C=N)CC2)cc1. The Morgan fingerprint density at radius 3 is 1.96 bits per heavy atom. The topological polar surface area (TPSA) is 130 Å². The molecule has 0 unspecified atom stereocenters. The minimum atomic E-state index is -0.479. The molecule has 2 saturated carbocycles. The highest BCUT2D eigenvalue weighted by atomic mass is 16.6. The molecular weight excluding hydrogens is 626 g/mol. The Morgan fingerprint density at radius 2 is 1.35 bits per heavy atom. The number of carbonyl (C=O) groups is 3. The molecule has 10 heteroatoms. The van der Waals surface area contributed by atoms with Crippen LogP contribution >= 0.6 is 0 Å². The van der Waals surface area contributed by atoms with Gasteiger partial charge < -0.3 is 33.8 Å². The standard InChI is InChI=1S/C39H51NO9/c1-3-5-28-6-8-29(9-7-28)32-14-19-36(33(26-32)27-40)49-39(43)31-12-10-30(11-13-31)38(42)48-35-17-15-34(16-18-35)46-24-22-44-20-21-45-23-25-47-37(41)4-2/h4,14-19,26-31,40H,2-3,5-13,20-25H2,1H3. The number of benzene rings is 2. The van der Waals surface area contributed by atoms with Crippen LogP contribution in [0.1, 0.15) is 88.2 Å². The lowest BCUT2D eigenvalue weighted by atomic mass is 9.77. The second-order valence-corrected chi connectivity index (χ2v) is 12.8. The van der Waals surface area contributed by atoms with Crippen LogP contribution in [0.2, 0.25) is 0 Å². The van der Waals surface area contributed by atoms with Crippen LogP contribution in [0.5, 0.6) is 17.2 Å². The van der Waals surface area contributed by atoms with Gasteiger partial charge in [0.1, 0.15) is 30.5 Å². The number of esters is 3. The molecule has 0 amide bonds. The number of hydrogen-bond acceptors (Lipinski definition) is 10. The van der Waals surface area contributed by atoms with Crippen LogP contribution in [-0.4, -0.2) is 63.8 Å². The molecule has 0 spiro atoms. The highest BCUT2D eigenvalue weighted by Crippen LogP contribution is 2.39. The first-order valence-electron chi connectivity index (χ1n) is 17.7. The van der Waals surface area contributed by atoms with Gasteiger partial charge in [0.2, 0.25) is 0 Å². The summed E-state index contributed by atoms with van der Waals surface area (Å²) in [6.45, 7) is 7.50. The summed E-state index contributed by atoms with van der Waals surface area (Å²) in [4.78, 5) is 36.9. The quantitative estimate of drug-likeness (QED) is 0.0539. The summed E-state index contributed by atoms with van der Waals surface area (Å²) in [6.07, 6.45) is 11.9. The van der Waals surface area contributed by atoms with Gasteiger partial charge in [0, 0.05) is 17.9 Å².